The van der Waals surface area contributed by atoms with Crippen molar-refractivity contribution in [2.45, 2.75) is 19.4 Å². The van der Waals surface area contributed by atoms with Gasteiger partial charge in [0.1, 0.15) is 5.65 Å². The smallest absolute Gasteiger partial charge is 0.341 e. The van der Waals surface area contributed by atoms with Crippen LogP contribution in [0.2, 0.25) is 0 Å². The van der Waals surface area contributed by atoms with Gasteiger partial charge in [0.15, 0.2) is 5.54 Å². The molecule has 1 aliphatic heterocycles. The van der Waals surface area contributed by atoms with Gasteiger partial charge in [0.05, 0.1) is 12.0 Å². The second-order valence-corrected chi connectivity index (χ2v) is 7.00. The van der Waals surface area contributed by atoms with Gasteiger partial charge >= 0.3 is 5.97 Å². The molecule has 32 heavy (non-hydrogen) atoms. The second-order valence-electron chi connectivity index (χ2n) is 7.00. The van der Waals surface area contributed by atoms with Gasteiger partial charge < -0.3 is 15.0 Å². The standard InChI is InChI=1S/C22H16N4O4.C2H6/c1-30-21(27)22(13-6-8-14(9-7-13)26(28)29)17-12-24-20-19(17)16(10-11-23-20)15-4-2-3-5-18(15)25-22;1-2/h2-12,25H,1H3,(H,23,24);1-2H3. The summed E-state index contributed by atoms with van der Waals surface area (Å²) in [5.74, 6) is -0.538. The number of esters is 1. The fourth-order valence-corrected chi connectivity index (χ4v) is 4.17. The SMILES string of the molecule is CC.COC(=O)C1(c2ccc([N+](=O)[O-])cc2)Nc2ccccc2-c2ccnc3[nH]cc1c23. The number of rotatable bonds is 3. The zero-order chi connectivity index (χ0) is 22.9. The van der Waals surface area contributed by atoms with E-state index in [-0.39, 0.29) is 5.69 Å². The summed E-state index contributed by atoms with van der Waals surface area (Å²) >= 11 is 0. The monoisotopic (exact) mass is 430 g/mol. The zero-order valence-corrected chi connectivity index (χ0v) is 17.9. The fourth-order valence-electron chi connectivity index (χ4n) is 4.17. The number of para-hydroxylation sites is 1. The summed E-state index contributed by atoms with van der Waals surface area (Å²) < 4.78 is 5.24. The van der Waals surface area contributed by atoms with Crippen LogP contribution in [0.25, 0.3) is 22.2 Å². The lowest BCUT2D eigenvalue weighted by molar-refractivity contribution is -0.384. The van der Waals surface area contributed by atoms with Crippen molar-refractivity contribution in [2.24, 2.45) is 0 Å². The van der Waals surface area contributed by atoms with Crippen LogP contribution in [0.4, 0.5) is 11.4 Å². The number of nitro benzene ring substituents is 1. The van der Waals surface area contributed by atoms with Gasteiger partial charge in [0.25, 0.3) is 5.69 Å². The lowest BCUT2D eigenvalue weighted by atomic mass is 9.82. The molecule has 5 rings (SSSR count). The van der Waals surface area contributed by atoms with E-state index in [0.717, 1.165) is 22.2 Å². The normalized spacial score (nSPS) is 16.1. The van der Waals surface area contributed by atoms with Crippen LogP contribution in [0.1, 0.15) is 25.0 Å². The predicted molar refractivity (Wildman–Crippen MR) is 122 cm³/mol. The van der Waals surface area contributed by atoms with Crippen LogP contribution in [0, 0.1) is 10.1 Å². The molecule has 0 aliphatic carbocycles. The first-order valence-corrected chi connectivity index (χ1v) is 10.2. The Balaban J connectivity index is 0.00000119. The Hall–Kier alpha value is -4.20. The molecule has 0 fully saturated rings. The molecule has 0 radical (unpaired) electrons. The first-order chi connectivity index (χ1) is 15.6. The van der Waals surface area contributed by atoms with Crippen molar-refractivity contribution >= 4 is 28.4 Å². The van der Waals surface area contributed by atoms with Gasteiger partial charge in [-0.25, -0.2) is 9.78 Å². The summed E-state index contributed by atoms with van der Waals surface area (Å²) in [7, 11) is 1.32. The first kappa shape index (κ1) is 21.0. The largest absolute Gasteiger partial charge is 0.467 e. The Morgan fingerprint density at radius 2 is 1.78 bits per heavy atom. The first-order valence-electron chi connectivity index (χ1n) is 10.2. The molecule has 8 heteroatoms. The highest BCUT2D eigenvalue weighted by Crippen LogP contribution is 2.47. The number of aromatic nitrogens is 2. The van der Waals surface area contributed by atoms with Gasteiger partial charge in [-0.1, -0.05) is 32.0 Å². The van der Waals surface area contributed by atoms with Gasteiger partial charge in [-0.15, -0.1) is 0 Å². The van der Waals surface area contributed by atoms with E-state index in [9.17, 15) is 14.9 Å². The molecule has 0 spiro atoms. The number of nitrogens with zero attached hydrogens (tertiary/aromatic N) is 2. The third-order valence-electron chi connectivity index (χ3n) is 5.52. The highest BCUT2D eigenvalue weighted by atomic mass is 16.6. The van der Waals surface area contributed by atoms with Crippen LogP contribution in [0.15, 0.2) is 67.0 Å². The molecule has 1 aliphatic rings. The van der Waals surface area contributed by atoms with Crippen LogP contribution < -0.4 is 5.32 Å². The van der Waals surface area contributed by atoms with E-state index in [1.165, 1.54) is 19.2 Å². The number of aromatic amines is 1. The van der Waals surface area contributed by atoms with Crippen molar-refractivity contribution in [2.75, 3.05) is 12.4 Å². The number of methoxy groups -OCH3 is 1. The summed E-state index contributed by atoms with van der Waals surface area (Å²) in [6.45, 7) is 4.00. The van der Waals surface area contributed by atoms with Crippen molar-refractivity contribution in [3.05, 3.63) is 88.2 Å². The Bertz CT molecular complexity index is 1310. The lowest BCUT2D eigenvalue weighted by Crippen LogP contribution is -2.45. The summed E-state index contributed by atoms with van der Waals surface area (Å²) in [5, 5.41) is 15.3. The van der Waals surface area contributed by atoms with Gasteiger partial charge in [0, 0.05) is 46.7 Å². The van der Waals surface area contributed by atoms with Gasteiger partial charge in [-0.2, -0.15) is 0 Å². The molecule has 2 N–H and O–H groups in total. The highest BCUT2D eigenvalue weighted by molar-refractivity contribution is 6.07. The summed E-state index contributed by atoms with van der Waals surface area (Å²) in [6.07, 6.45) is 3.45. The molecule has 0 amide bonds. The van der Waals surface area contributed by atoms with Crippen molar-refractivity contribution in [3.8, 4) is 11.1 Å². The van der Waals surface area contributed by atoms with Gasteiger partial charge in [0.2, 0.25) is 0 Å². The molecule has 2 aromatic heterocycles. The fraction of sp³-hybridized carbons (Fsp3) is 0.167. The van der Waals surface area contributed by atoms with Crippen molar-refractivity contribution in [3.63, 3.8) is 0 Å². The van der Waals surface area contributed by atoms with E-state index in [0.29, 0.717) is 16.8 Å². The number of carbonyl (C=O) groups is 1. The molecule has 0 saturated carbocycles. The molecule has 4 aromatic rings. The minimum Gasteiger partial charge on any atom is -0.467 e. The molecular formula is C24H22N4O4. The predicted octanol–water partition coefficient (Wildman–Crippen LogP) is 5.01. The zero-order valence-electron chi connectivity index (χ0n) is 17.9. The van der Waals surface area contributed by atoms with E-state index in [1.807, 2.05) is 44.2 Å². The van der Waals surface area contributed by atoms with E-state index < -0.39 is 16.4 Å². The number of anilines is 1. The van der Waals surface area contributed by atoms with Crippen LogP contribution in [-0.4, -0.2) is 28.0 Å². The van der Waals surface area contributed by atoms with E-state index in [4.69, 9.17) is 4.74 Å². The lowest BCUT2D eigenvalue weighted by Gasteiger charge is -2.32. The summed E-state index contributed by atoms with van der Waals surface area (Å²) in [4.78, 5) is 31.6. The molecule has 3 heterocycles. The average Bonchev–Trinajstić information content (AvgIpc) is 3.23. The van der Waals surface area contributed by atoms with Crippen LogP contribution in [-0.2, 0) is 15.1 Å². The Kier molecular flexibility index (Phi) is 5.36. The molecule has 1 atom stereocenters. The number of hydrogen-bond donors (Lipinski definition) is 2. The number of hydrogen-bond acceptors (Lipinski definition) is 6. The molecule has 0 saturated heterocycles. The second kappa shape index (κ2) is 8.14. The minimum atomic E-state index is -1.42. The Morgan fingerprint density at radius 1 is 1.06 bits per heavy atom. The number of nitrogens with one attached hydrogen (secondary N) is 2. The van der Waals surface area contributed by atoms with E-state index >= 15 is 0 Å². The Labute approximate surface area is 184 Å². The van der Waals surface area contributed by atoms with E-state index in [1.54, 1.807) is 24.5 Å². The van der Waals surface area contributed by atoms with E-state index in [2.05, 4.69) is 15.3 Å². The maximum atomic E-state index is 13.4. The Morgan fingerprint density at radius 3 is 2.47 bits per heavy atom. The number of pyridine rings is 1. The number of H-pyrrole nitrogens is 1. The maximum Gasteiger partial charge on any atom is 0.341 e. The molecule has 1 unspecified atom stereocenters. The quantitative estimate of drug-likeness (QED) is 0.269. The van der Waals surface area contributed by atoms with Crippen LogP contribution in [0.5, 0.6) is 0 Å². The third kappa shape index (κ3) is 2.99. The molecule has 8 nitrogen and oxygen atoms in total. The third-order valence-corrected chi connectivity index (χ3v) is 5.52. The average molecular weight is 430 g/mol. The summed E-state index contributed by atoms with van der Waals surface area (Å²) in [5.41, 5.74) is 2.89. The number of ether oxygens (including phenoxy) is 1. The number of benzene rings is 2. The molecule has 0 bridgehead atoms. The number of non-ortho nitro benzene ring substituents is 1. The van der Waals surface area contributed by atoms with Gasteiger partial charge in [-0.05, 0) is 35.4 Å². The maximum absolute atomic E-state index is 13.4. The topological polar surface area (TPSA) is 110 Å². The number of carbonyl (C=O) groups excluding carboxylic acids is 1. The van der Waals surface area contributed by atoms with Gasteiger partial charge in [-0.3, -0.25) is 10.1 Å². The highest BCUT2D eigenvalue weighted by Gasteiger charge is 2.47. The molecule has 2 aromatic carbocycles. The number of fused-ring (bicyclic) bond motifs is 2. The molecular weight excluding hydrogens is 408 g/mol. The number of nitro groups is 1. The van der Waals surface area contributed by atoms with Crippen molar-refractivity contribution < 1.29 is 14.5 Å². The van der Waals surface area contributed by atoms with Crippen molar-refractivity contribution in [1.82, 2.24) is 9.97 Å². The van der Waals surface area contributed by atoms with Crippen molar-refractivity contribution in [1.29, 1.82) is 0 Å². The van der Waals surface area contributed by atoms with Crippen LogP contribution >= 0.6 is 0 Å². The minimum absolute atomic E-state index is 0.0610. The molecule has 162 valence electrons. The van der Waals surface area contributed by atoms with Crippen LogP contribution in [0.3, 0.4) is 0 Å². The summed E-state index contributed by atoms with van der Waals surface area (Å²) in [6, 6.07) is 15.5.